The molecule has 2 amide bonds. The number of fused-ring (bicyclic) bond motifs is 1. The minimum Gasteiger partial charge on any atom is -0.369 e. The second-order valence-corrected chi connectivity index (χ2v) is 5.56. The van der Waals surface area contributed by atoms with Crippen molar-refractivity contribution in [3.05, 3.63) is 30.0 Å². The maximum atomic E-state index is 12.4. The van der Waals surface area contributed by atoms with Crippen molar-refractivity contribution in [3.63, 3.8) is 0 Å². The number of aromatic nitrogens is 2. The van der Waals surface area contributed by atoms with Crippen LogP contribution in [0.3, 0.4) is 0 Å². The van der Waals surface area contributed by atoms with Crippen LogP contribution in [0.1, 0.15) is 12.0 Å². The van der Waals surface area contributed by atoms with Crippen molar-refractivity contribution < 1.29 is 9.59 Å². The van der Waals surface area contributed by atoms with E-state index in [-0.39, 0.29) is 17.7 Å². The Morgan fingerprint density at radius 1 is 1.43 bits per heavy atom. The van der Waals surface area contributed by atoms with Crippen LogP contribution in [0.25, 0.3) is 10.9 Å². The Labute approximate surface area is 122 Å². The fourth-order valence-electron chi connectivity index (χ4n) is 2.87. The maximum absolute atomic E-state index is 12.4. The van der Waals surface area contributed by atoms with E-state index in [1.165, 1.54) is 0 Å². The second kappa shape index (κ2) is 5.20. The first-order chi connectivity index (χ1) is 10.0. The van der Waals surface area contributed by atoms with Gasteiger partial charge in [-0.15, -0.1) is 0 Å². The molecule has 1 aliphatic rings. The number of benzene rings is 1. The zero-order chi connectivity index (χ0) is 15.0. The second-order valence-electron chi connectivity index (χ2n) is 5.56. The molecule has 0 unspecified atom stereocenters. The predicted molar refractivity (Wildman–Crippen MR) is 78.3 cm³/mol. The summed E-state index contributed by atoms with van der Waals surface area (Å²) in [4.78, 5) is 25.3. The van der Waals surface area contributed by atoms with Crippen molar-refractivity contribution in [2.45, 2.75) is 12.8 Å². The number of carbonyl (C=O) groups excluding carboxylic acids is 2. The van der Waals surface area contributed by atoms with Gasteiger partial charge in [-0.25, -0.2) is 0 Å². The molecule has 21 heavy (non-hydrogen) atoms. The van der Waals surface area contributed by atoms with Crippen LogP contribution in [0, 0.1) is 5.92 Å². The van der Waals surface area contributed by atoms with E-state index in [0.717, 1.165) is 16.5 Å². The molecule has 0 aliphatic carbocycles. The number of aryl methyl sites for hydroxylation is 1. The summed E-state index contributed by atoms with van der Waals surface area (Å²) >= 11 is 0. The van der Waals surface area contributed by atoms with Gasteiger partial charge in [0.2, 0.25) is 11.8 Å². The number of carbonyl (C=O) groups is 2. The summed E-state index contributed by atoms with van der Waals surface area (Å²) in [5.41, 5.74) is 7.16. The van der Waals surface area contributed by atoms with Crippen molar-refractivity contribution in [2.24, 2.45) is 18.7 Å². The molecule has 2 heterocycles. The Morgan fingerprint density at radius 2 is 2.24 bits per heavy atom. The van der Waals surface area contributed by atoms with E-state index in [1.54, 1.807) is 9.58 Å². The molecular formula is C15H18N4O2. The Kier molecular flexibility index (Phi) is 3.37. The zero-order valence-corrected chi connectivity index (χ0v) is 12.0. The van der Waals surface area contributed by atoms with Crippen LogP contribution in [0.2, 0.25) is 0 Å². The number of nitrogens with two attached hydrogens (primary N) is 1. The molecule has 6 nitrogen and oxygen atoms in total. The first-order valence-electron chi connectivity index (χ1n) is 7.03. The highest BCUT2D eigenvalue weighted by Gasteiger charge is 2.29. The van der Waals surface area contributed by atoms with Crippen LogP contribution < -0.4 is 5.73 Å². The van der Waals surface area contributed by atoms with Gasteiger partial charge in [0.1, 0.15) is 0 Å². The maximum Gasteiger partial charge on any atom is 0.227 e. The number of rotatable bonds is 3. The Morgan fingerprint density at radius 3 is 2.95 bits per heavy atom. The number of amides is 2. The third-order valence-electron chi connectivity index (χ3n) is 4.04. The highest BCUT2D eigenvalue weighted by Crippen LogP contribution is 2.21. The molecule has 0 saturated carbocycles. The van der Waals surface area contributed by atoms with Crippen molar-refractivity contribution in [3.8, 4) is 0 Å². The normalized spacial score (nSPS) is 18.3. The molecule has 110 valence electrons. The summed E-state index contributed by atoms with van der Waals surface area (Å²) in [5.74, 6) is -0.488. The van der Waals surface area contributed by atoms with Crippen LogP contribution in [0.4, 0.5) is 0 Å². The van der Waals surface area contributed by atoms with Crippen LogP contribution in [0.15, 0.2) is 24.4 Å². The minimum absolute atomic E-state index is 0.0371. The van der Waals surface area contributed by atoms with Crippen molar-refractivity contribution in [1.82, 2.24) is 14.7 Å². The lowest BCUT2D eigenvalue weighted by Crippen LogP contribution is -2.32. The van der Waals surface area contributed by atoms with Crippen LogP contribution in [-0.4, -0.2) is 39.6 Å². The zero-order valence-electron chi connectivity index (χ0n) is 12.0. The smallest absolute Gasteiger partial charge is 0.227 e. The Hall–Kier alpha value is -2.37. The van der Waals surface area contributed by atoms with Gasteiger partial charge in [-0.1, -0.05) is 12.1 Å². The number of nitrogens with zero attached hydrogens (tertiary/aromatic N) is 3. The van der Waals surface area contributed by atoms with Crippen molar-refractivity contribution in [2.75, 3.05) is 13.1 Å². The highest BCUT2D eigenvalue weighted by atomic mass is 16.2. The fraction of sp³-hybridized carbons (Fsp3) is 0.400. The SMILES string of the molecule is Cn1cc2c(CC(=O)N3CC[C@H](C(N)=O)C3)cccc2n1. The summed E-state index contributed by atoms with van der Waals surface area (Å²) in [6.07, 6.45) is 2.92. The molecule has 1 saturated heterocycles. The summed E-state index contributed by atoms with van der Waals surface area (Å²) < 4.78 is 1.75. The fourth-order valence-corrected chi connectivity index (χ4v) is 2.87. The van der Waals surface area contributed by atoms with Gasteiger partial charge in [0.15, 0.2) is 0 Å². The van der Waals surface area contributed by atoms with Crippen molar-refractivity contribution >= 4 is 22.7 Å². The van der Waals surface area contributed by atoms with E-state index in [9.17, 15) is 9.59 Å². The average Bonchev–Trinajstić information content (AvgIpc) is 3.04. The van der Waals surface area contributed by atoms with E-state index in [1.807, 2.05) is 31.4 Å². The highest BCUT2D eigenvalue weighted by molar-refractivity contribution is 5.88. The van der Waals surface area contributed by atoms with E-state index in [0.29, 0.717) is 25.9 Å². The van der Waals surface area contributed by atoms with E-state index in [4.69, 9.17) is 5.73 Å². The topological polar surface area (TPSA) is 81.2 Å². The number of hydrogen-bond acceptors (Lipinski definition) is 3. The van der Waals surface area contributed by atoms with Gasteiger partial charge >= 0.3 is 0 Å². The predicted octanol–water partition coefficient (Wildman–Crippen LogP) is 0.450. The molecule has 1 aromatic heterocycles. The molecule has 1 atom stereocenters. The lowest BCUT2D eigenvalue weighted by Gasteiger charge is -2.16. The standard InChI is InChI=1S/C15H18N4O2/c1-18-9-12-10(3-2-4-13(12)17-18)7-14(20)19-6-5-11(8-19)15(16)21/h2-4,9,11H,5-8H2,1H3,(H2,16,21)/t11-/m0/s1. The summed E-state index contributed by atoms with van der Waals surface area (Å²) in [7, 11) is 1.86. The molecule has 3 rings (SSSR count). The third kappa shape index (κ3) is 2.61. The van der Waals surface area contributed by atoms with Gasteiger partial charge in [-0.05, 0) is 18.1 Å². The van der Waals surface area contributed by atoms with Gasteiger partial charge in [-0.3, -0.25) is 14.3 Å². The molecular weight excluding hydrogens is 268 g/mol. The Bertz CT molecular complexity index is 707. The lowest BCUT2D eigenvalue weighted by atomic mass is 10.1. The molecule has 1 fully saturated rings. The average molecular weight is 286 g/mol. The molecule has 2 aromatic rings. The molecule has 0 radical (unpaired) electrons. The number of likely N-dealkylation sites (tertiary alicyclic amines) is 1. The van der Waals surface area contributed by atoms with Crippen LogP contribution in [-0.2, 0) is 23.1 Å². The van der Waals surface area contributed by atoms with Crippen LogP contribution >= 0.6 is 0 Å². The van der Waals surface area contributed by atoms with Gasteiger partial charge in [0.05, 0.1) is 17.9 Å². The van der Waals surface area contributed by atoms with Gasteiger partial charge in [0.25, 0.3) is 0 Å². The van der Waals surface area contributed by atoms with Gasteiger partial charge in [-0.2, -0.15) is 5.10 Å². The molecule has 2 N–H and O–H groups in total. The van der Waals surface area contributed by atoms with Crippen LogP contribution in [0.5, 0.6) is 0 Å². The third-order valence-corrected chi connectivity index (χ3v) is 4.04. The summed E-state index contributed by atoms with van der Waals surface area (Å²) in [6.45, 7) is 1.05. The van der Waals surface area contributed by atoms with E-state index in [2.05, 4.69) is 5.10 Å². The minimum atomic E-state index is -0.320. The monoisotopic (exact) mass is 286 g/mol. The quantitative estimate of drug-likeness (QED) is 0.889. The number of primary amides is 1. The molecule has 0 spiro atoms. The molecule has 0 bridgehead atoms. The number of hydrogen-bond donors (Lipinski definition) is 1. The van der Waals surface area contributed by atoms with Gasteiger partial charge in [0, 0.05) is 31.7 Å². The first kappa shape index (κ1) is 13.6. The van der Waals surface area contributed by atoms with Crippen molar-refractivity contribution in [1.29, 1.82) is 0 Å². The molecule has 1 aromatic carbocycles. The Balaban J connectivity index is 1.76. The summed E-state index contributed by atoms with van der Waals surface area (Å²) in [5, 5.41) is 5.34. The summed E-state index contributed by atoms with van der Waals surface area (Å²) in [6, 6.07) is 5.79. The van der Waals surface area contributed by atoms with E-state index < -0.39 is 0 Å². The lowest BCUT2D eigenvalue weighted by molar-refractivity contribution is -0.129. The first-order valence-corrected chi connectivity index (χ1v) is 7.03. The molecule has 1 aliphatic heterocycles. The van der Waals surface area contributed by atoms with Gasteiger partial charge < -0.3 is 10.6 Å². The van der Waals surface area contributed by atoms with E-state index >= 15 is 0 Å². The molecule has 6 heteroatoms. The largest absolute Gasteiger partial charge is 0.369 e.